The highest BCUT2D eigenvalue weighted by Crippen LogP contribution is 2.08. The second kappa shape index (κ2) is 6.68. The van der Waals surface area contributed by atoms with Crippen molar-refractivity contribution in [2.75, 3.05) is 30.9 Å². The van der Waals surface area contributed by atoms with Crippen LogP contribution < -0.4 is 10.6 Å². The molecule has 0 fully saturated rings. The number of anilines is 1. The van der Waals surface area contributed by atoms with Crippen molar-refractivity contribution < 1.29 is 4.42 Å². The summed E-state index contributed by atoms with van der Waals surface area (Å²) in [6.45, 7) is 3.66. The second-order valence-corrected chi connectivity index (χ2v) is 4.38. The van der Waals surface area contributed by atoms with Gasteiger partial charge in [-0.15, -0.1) is 5.10 Å². The average molecular weight is 230 g/mol. The van der Waals surface area contributed by atoms with Crippen LogP contribution in [0.1, 0.15) is 12.8 Å². The third-order valence-corrected chi connectivity index (χ3v) is 2.75. The standard InChI is InChI=1S/C9H18N4OS/c1-7(6-15-3)4-11-9-13-12-8(14-9)5-10-2/h7,10H,4-6H2,1-3H3,(H,11,13). The van der Waals surface area contributed by atoms with Gasteiger partial charge < -0.3 is 15.1 Å². The minimum Gasteiger partial charge on any atom is -0.407 e. The van der Waals surface area contributed by atoms with E-state index in [0.717, 1.165) is 12.3 Å². The lowest BCUT2D eigenvalue weighted by atomic mass is 10.2. The predicted octanol–water partition coefficient (Wildman–Crippen LogP) is 1.20. The smallest absolute Gasteiger partial charge is 0.315 e. The van der Waals surface area contributed by atoms with E-state index in [4.69, 9.17) is 4.42 Å². The third kappa shape index (κ3) is 4.53. The molecular weight excluding hydrogens is 212 g/mol. The summed E-state index contributed by atoms with van der Waals surface area (Å²) < 4.78 is 5.35. The molecule has 0 saturated carbocycles. The van der Waals surface area contributed by atoms with Crippen LogP contribution in [0, 0.1) is 5.92 Å². The van der Waals surface area contributed by atoms with E-state index in [0.29, 0.717) is 24.4 Å². The number of nitrogens with one attached hydrogen (secondary N) is 2. The van der Waals surface area contributed by atoms with Gasteiger partial charge in [-0.2, -0.15) is 11.8 Å². The van der Waals surface area contributed by atoms with Crippen LogP contribution in [0.3, 0.4) is 0 Å². The molecule has 2 N–H and O–H groups in total. The Morgan fingerprint density at radius 2 is 2.27 bits per heavy atom. The first-order valence-corrected chi connectivity index (χ1v) is 6.35. The van der Waals surface area contributed by atoms with Crippen molar-refractivity contribution in [3.63, 3.8) is 0 Å². The van der Waals surface area contributed by atoms with E-state index in [9.17, 15) is 0 Å². The van der Waals surface area contributed by atoms with Crippen molar-refractivity contribution in [1.82, 2.24) is 15.5 Å². The first kappa shape index (κ1) is 12.3. The fourth-order valence-corrected chi connectivity index (χ4v) is 1.84. The van der Waals surface area contributed by atoms with Gasteiger partial charge in [-0.05, 0) is 25.0 Å². The zero-order chi connectivity index (χ0) is 11.1. The van der Waals surface area contributed by atoms with Crippen LogP contribution in [-0.4, -0.2) is 35.8 Å². The molecule has 0 amide bonds. The van der Waals surface area contributed by atoms with Gasteiger partial charge in [0, 0.05) is 6.54 Å². The highest BCUT2D eigenvalue weighted by atomic mass is 32.2. The Hall–Kier alpha value is -0.750. The van der Waals surface area contributed by atoms with Crippen molar-refractivity contribution in [3.8, 4) is 0 Å². The Bertz CT molecular complexity index is 279. The van der Waals surface area contributed by atoms with Crippen LogP contribution in [0.5, 0.6) is 0 Å². The maximum atomic E-state index is 5.35. The van der Waals surface area contributed by atoms with Crippen LogP contribution in [0.4, 0.5) is 6.01 Å². The summed E-state index contributed by atoms with van der Waals surface area (Å²) in [5.41, 5.74) is 0. The summed E-state index contributed by atoms with van der Waals surface area (Å²) >= 11 is 1.84. The Labute approximate surface area is 94.4 Å². The quantitative estimate of drug-likeness (QED) is 0.734. The van der Waals surface area contributed by atoms with E-state index in [1.54, 1.807) is 0 Å². The molecule has 0 saturated heterocycles. The summed E-state index contributed by atoms with van der Waals surface area (Å²) in [6.07, 6.45) is 2.11. The van der Waals surface area contributed by atoms with E-state index in [2.05, 4.69) is 34.0 Å². The van der Waals surface area contributed by atoms with Gasteiger partial charge in [0.1, 0.15) is 0 Å². The Morgan fingerprint density at radius 1 is 1.47 bits per heavy atom. The highest BCUT2D eigenvalue weighted by molar-refractivity contribution is 7.98. The molecule has 0 aliphatic heterocycles. The van der Waals surface area contributed by atoms with E-state index in [-0.39, 0.29) is 0 Å². The summed E-state index contributed by atoms with van der Waals surface area (Å²) in [7, 11) is 1.85. The van der Waals surface area contributed by atoms with Crippen LogP contribution >= 0.6 is 11.8 Å². The molecule has 1 heterocycles. The number of hydrogen-bond acceptors (Lipinski definition) is 6. The Kier molecular flexibility index (Phi) is 5.49. The third-order valence-electron chi connectivity index (χ3n) is 1.85. The monoisotopic (exact) mass is 230 g/mol. The maximum Gasteiger partial charge on any atom is 0.315 e. The molecule has 1 atom stereocenters. The number of rotatable bonds is 7. The van der Waals surface area contributed by atoms with Crippen molar-refractivity contribution in [2.24, 2.45) is 5.92 Å². The van der Waals surface area contributed by atoms with E-state index in [1.165, 1.54) is 0 Å². The minimum absolute atomic E-state index is 0.508. The summed E-state index contributed by atoms with van der Waals surface area (Å²) in [6, 6.07) is 0.508. The van der Waals surface area contributed by atoms with E-state index >= 15 is 0 Å². The molecule has 6 heteroatoms. The summed E-state index contributed by atoms with van der Waals surface area (Å²) in [4.78, 5) is 0. The molecule has 0 aromatic carbocycles. The molecule has 1 unspecified atom stereocenters. The lowest BCUT2D eigenvalue weighted by molar-refractivity contribution is 0.486. The fourth-order valence-electron chi connectivity index (χ4n) is 1.15. The van der Waals surface area contributed by atoms with Gasteiger partial charge in [0.2, 0.25) is 5.89 Å². The first-order chi connectivity index (χ1) is 7.26. The Morgan fingerprint density at radius 3 is 2.93 bits per heavy atom. The van der Waals surface area contributed by atoms with Gasteiger partial charge in [0.25, 0.3) is 0 Å². The molecular formula is C9H18N4OS. The molecule has 0 aliphatic carbocycles. The van der Waals surface area contributed by atoms with Crippen LogP contribution in [0.25, 0.3) is 0 Å². The highest BCUT2D eigenvalue weighted by Gasteiger charge is 2.06. The van der Waals surface area contributed by atoms with Crippen LogP contribution in [0.15, 0.2) is 4.42 Å². The second-order valence-electron chi connectivity index (χ2n) is 3.47. The largest absolute Gasteiger partial charge is 0.407 e. The lowest BCUT2D eigenvalue weighted by Gasteiger charge is -2.08. The number of aromatic nitrogens is 2. The molecule has 5 nitrogen and oxygen atoms in total. The molecule has 1 aromatic rings. The molecule has 0 radical (unpaired) electrons. The number of hydrogen-bond donors (Lipinski definition) is 2. The van der Waals surface area contributed by atoms with Gasteiger partial charge in [0.05, 0.1) is 6.54 Å². The molecule has 0 spiro atoms. The normalized spacial score (nSPS) is 12.7. The topological polar surface area (TPSA) is 63.0 Å². The van der Waals surface area contributed by atoms with Crippen molar-refractivity contribution in [1.29, 1.82) is 0 Å². The summed E-state index contributed by atoms with van der Waals surface area (Å²) in [5.74, 6) is 2.34. The predicted molar refractivity (Wildman–Crippen MR) is 63.1 cm³/mol. The van der Waals surface area contributed by atoms with Crippen LogP contribution in [-0.2, 0) is 6.54 Å². The van der Waals surface area contributed by atoms with Gasteiger partial charge in [-0.3, -0.25) is 0 Å². The van der Waals surface area contributed by atoms with E-state index < -0.39 is 0 Å². The molecule has 1 aromatic heterocycles. The van der Waals surface area contributed by atoms with Crippen molar-refractivity contribution >= 4 is 17.8 Å². The molecule has 86 valence electrons. The fraction of sp³-hybridized carbons (Fsp3) is 0.778. The van der Waals surface area contributed by atoms with Gasteiger partial charge >= 0.3 is 6.01 Å². The molecule has 1 rings (SSSR count). The molecule has 15 heavy (non-hydrogen) atoms. The Balaban J connectivity index is 2.30. The summed E-state index contributed by atoms with van der Waals surface area (Å²) in [5, 5.41) is 13.9. The minimum atomic E-state index is 0.508. The molecule has 0 aliphatic rings. The SMILES string of the molecule is CNCc1nnc(NCC(C)CSC)o1. The number of nitrogens with zero attached hydrogens (tertiary/aromatic N) is 2. The zero-order valence-corrected chi connectivity index (χ0v) is 10.2. The first-order valence-electron chi connectivity index (χ1n) is 4.96. The van der Waals surface area contributed by atoms with Crippen LogP contribution in [0.2, 0.25) is 0 Å². The van der Waals surface area contributed by atoms with Crippen molar-refractivity contribution in [3.05, 3.63) is 5.89 Å². The van der Waals surface area contributed by atoms with Gasteiger partial charge in [-0.25, -0.2) is 0 Å². The maximum absolute atomic E-state index is 5.35. The van der Waals surface area contributed by atoms with Gasteiger partial charge in [0.15, 0.2) is 0 Å². The zero-order valence-electron chi connectivity index (χ0n) is 9.41. The van der Waals surface area contributed by atoms with E-state index in [1.807, 2.05) is 18.8 Å². The van der Waals surface area contributed by atoms with Gasteiger partial charge in [-0.1, -0.05) is 12.0 Å². The lowest BCUT2D eigenvalue weighted by Crippen LogP contribution is -2.13. The number of thioether (sulfide) groups is 1. The van der Waals surface area contributed by atoms with Crippen molar-refractivity contribution in [2.45, 2.75) is 13.5 Å². The average Bonchev–Trinajstić information content (AvgIpc) is 2.64. The molecule has 0 bridgehead atoms.